The van der Waals surface area contributed by atoms with Gasteiger partial charge < -0.3 is 9.84 Å². The zero-order chi connectivity index (χ0) is 13.5. The fourth-order valence-electron chi connectivity index (χ4n) is 2.83. The normalized spacial score (nSPS) is 17.6. The number of fused-ring (bicyclic) bond motifs is 2. The summed E-state index contributed by atoms with van der Waals surface area (Å²) in [7, 11) is 0. The van der Waals surface area contributed by atoms with E-state index >= 15 is 0 Å². The predicted octanol–water partition coefficient (Wildman–Crippen LogP) is 2.95. The van der Waals surface area contributed by atoms with E-state index < -0.39 is 0 Å². The number of rotatable bonds is 3. The van der Waals surface area contributed by atoms with Gasteiger partial charge in [0, 0.05) is 11.6 Å². The van der Waals surface area contributed by atoms with Gasteiger partial charge in [-0.25, -0.2) is 0 Å². The number of ether oxygens (including phenoxy) is 1. The summed E-state index contributed by atoms with van der Waals surface area (Å²) in [6, 6.07) is 8.37. The van der Waals surface area contributed by atoms with Gasteiger partial charge in [-0.05, 0) is 24.0 Å². The van der Waals surface area contributed by atoms with Crippen LogP contribution < -0.4 is 4.74 Å². The molecule has 0 amide bonds. The second-order valence-electron chi connectivity index (χ2n) is 4.92. The lowest BCUT2D eigenvalue weighted by molar-refractivity contribution is 0.189. The Labute approximate surface area is 120 Å². The second kappa shape index (κ2) is 4.61. The highest BCUT2D eigenvalue weighted by Gasteiger charge is 2.26. The summed E-state index contributed by atoms with van der Waals surface area (Å²) >= 11 is 1.54. The van der Waals surface area contributed by atoms with E-state index in [-0.39, 0.29) is 12.7 Å². The van der Waals surface area contributed by atoms with Crippen molar-refractivity contribution in [3.63, 3.8) is 0 Å². The molecule has 2 aromatic heterocycles. The van der Waals surface area contributed by atoms with Gasteiger partial charge in [0.2, 0.25) is 5.88 Å². The molecule has 4 nitrogen and oxygen atoms in total. The van der Waals surface area contributed by atoms with E-state index in [0.29, 0.717) is 5.88 Å². The Balaban J connectivity index is 1.70. The molecule has 3 aromatic rings. The molecule has 0 saturated carbocycles. The van der Waals surface area contributed by atoms with Crippen LogP contribution in [0.4, 0.5) is 0 Å². The zero-order valence-corrected chi connectivity index (χ0v) is 11.6. The Kier molecular flexibility index (Phi) is 2.75. The highest BCUT2D eigenvalue weighted by Crippen LogP contribution is 2.36. The Morgan fingerprint density at radius 2 is 2.30 bits per heavy atom. The van der Waals surface area contributed by atoms with Crippen molar-refractivity contribution in [3.8, 4) is 5.88 Å². The van der Waals surface area contributed by atoms with Crippen LogP contribution in [0.2, 0.25) is 0 Å². The van der Waals surface area contributed by atoms with Crippen LogP contribution in [0.25, 0.3) is 4.96 Å². The van der Waals surface area contributed by atoms with Gasteiger partial charge in [0.15, 0.2) is 4.96 Å². The Bertz CT molecular complexity index is 762. The van der Waals surface area contributed by atoms with Gasteiger partial charge in [-0.1, -0.05) is 24.3 Å². The summed E-state index contributed by atoms with van der Waals surface area (Å²) in [5.74, 6) is 0.557. The average Bonchev–Trinajstić information content (AvgIpc) is 3.14. The molecule has 0 aliphatic heterocycles. The van der Waals surface area contributed by atoms with E-state index in [1.54, 1.807) is 11.3 Å². The fourth-order valence-corrected chi connectivity index (χ4v) is 3.55. The van der Waals surface area contributed by atoms with Gasteiger partial charge in [-0.3, -0.25) is 4.40 Å². The summed E-state index contributed by atoms with van der Waals surface area (Å²) in [5, 5.41) is 11.5. The minimum Gasteiger partial charge on any atom is -0.468 e. The third-order valence-corrected chi connectivity index (χ3v) is 4.56. The largest absolute Gasteiger partial charge is 0.468 e. The number of thiazole rings is 1. The molecule has 4 rings (SSSR count). The molecule has 1 aliphatic carbocycles. The molecule has 0 spiro atoms. The highest BCUT2D eigenvalue weighted by molar-refractivity contribution is 7.15. The maximum absolute atomic E-state index is 9.56. The van der Waals surface area contributed by atoms with Crippen LogP contribution in [0.15, 0.2) is 35.8 Å². The first-order chi connectivity index (χ1) is 9.86. The second-order valence-corrected chi connectivity index (χ2v) is 5.79. The Hall–Kier alpha value is -1.85. The van der Waals surface area contributed by atoms with Crippen LogP contribution in [0.1, 0.15) is 29.3 Å². The summed E-state index contributed by atoms with van der Waals surface area (Å²) in [4.78, 5) is 5.34. The molecule has 1 aromatic carbocycles. The van der Waals surface area contributed by atoms with Gasteiger partial charge in [-0.15, -0.1) is 11.3 Å². The molecule has 5 heteroatoms. The summed E-state index contributed by atoms with van der Waals surface area (Å²) in [5.41, 5.74) is 3.32. The number of hydrogen-bond donors (Lipinski definition) is 1. The molecule has 0 fully saturated rings. The number of benzene rings is 1. The van der Waals surface area contributed by atoms with Crippen LogP contribution >= 0.6 is 11.3 Å². The van der Waals surface area contributed by atoms with Gasteiger partial charge in [0.25, 0.3) is 0 Å². The monoisotopic (exact) mass is 286 g/mol. The number of nitrogens with zero attached hydrogens (tertiary/aromatic N) is 2. The van der Waals surface area contributed by atoms with Crippen LogP contribution in [0, 0.1) is 0 Å². The average molecular weight is 286 g/mol. The number of aliphatic hydroxyl groups is 1. The zero-order valence-electron chi connectivity index (χ0n) is 10.8. The van der Waals surface area contributed by atoms with E-state index in [1.165, 1.54) is 11.1 Å². The van der Waals surface area contributed by atoms with Crippen molar-refractivity contribution >= 4 is 16.3 Å². The quantitative estimate of drug-likeness (QED) is 0.805. The van der Waals surface area contributed by atoms with Crippen molar-refractivity contribution in [2.24, 2.45) is 0 Å². The van der Waals surface area contributed by atoms with Crippen molar-refractivity contribution < 1.29 is 9.84 Å². The van der Waals surface area contributed by atoms with Crippen LogP contribution in [-0.4, -0.2) is 14.5 Å². The van der Waals surface area contributed by atoms with Crippen molar-refractivity contribution in [1.82, 2.24) is 9.38 Å². The Morgan fingerprint density at radius 3 is 3.20 bits per heavy atom. The van der Waals surface area contributed by atoms with Gasteiger partial charge >= 0.3 is 0 Å². The van der Waals surface area contributed by atoms with Gasteiger partial charge in [0.1, 0.15) is 11.8 Å². The lowest BCUT2D eigenvalue weighted by atomic mass is 10.1. The molecule has 0 bridgehead atoms. The smallest absolute Gasteiger partial charge is 0.239 e. The topological polar surface area (TPSA) is 46.8 Å². The Morgan fingerprint density at radius 1 is 1.40 bits per heavy atom. The highest BCUT2D eigenvalue weighted by atomic mass is 32.1. The lowest BCUT2D eigenvalue weighted by Crippen LogP contribution is -2.05. The number of imidazole rings is 1. The van der Waals surface area contributed by atoms with Gasteiger partial charge in [-0.2, -0.15) is 4.98 Å². The molecule has 0 saturated heterocycles. The number of aromatic nitrogens is 2. The number of hydrogen-bond acceptors (Lipinski definition) is 4. The third-order valence-electron chi connectivity index (χ3n) is 3.81. The summed E-state index contributed by atoms with van der Waals surface area (Å²) < 4.78 is 7.97. The molecule has 20 heavy (non-hydrogen) atoms. The van der Waals surface area contributed by atoms with Crippen molar-refractivity contribution in [1.29, 1.82) is 0 Å². The van der Waals surface area contributed by atoms with Crippen LogP contribution in [-0.2, 0) is 13.0 Å². The van der Waals surface area contributed by atoms with Crippen molar-refractivity contribution in [2.45, 2.75) is 25.6 Å². The molecule has 2 heterocycles. The van der Waals surface area contributed by atoms with Crippen molar-refractivity contribution in [2.75, 3.05) is 0 Å². The molecule has 1 aliphatic rings. The summed E-state index contributed by atoms with van der Waals surface area (Å²) in [6.07, 6.45) is 3.96. The standard InChI is InChI=1S/C15H14N2O2S/c18-9-12-14(16-15-17(12)7-8-20-15)19-13-6-5-10-3-1-2-4-11(10)13/h1-4,7-8,13,18H,5-6,9H2. The third kappa shape index (κ3) is 1.74. The molecule has 1 atom stereocenters. The number of aliphatic hydroxyl groups excluding tert-OH is 1. The fraction of sp³-hybridized carbons (Fsp3) is 0.267. The van der Waals surface area contributed by atoms with Crippen LogP contribution in [0.3, 0.4) is 0 Å². The molecular weight excluding hydrogens is 272 g/mol. The van der Waals surface area contributed by atoms with E-state index in [2.05, 4.69) is 23.2 Å². The van der Waals surface area contributed by atoms with E-state index in [4.69, 9.17) is 4.74 Å². The summed E-state index contributed by atoms with van der Waals surface area (Å²) in [6.45, 7) is -0.0679. The maximum atomic E-state index is 9.56. The number of aryl methyl sites for hydroxylation is 1. The first kappa shape index (κ1) is 11.9. The van der Waals surface area contributed by atoms with Gasteiger partial charge in [0.05, 0.1) is 6.61 Å². The molecule has 102 valence electrons. The maximum Gasteiger partial charge on any atom is 0.239 e. The molecule has 1 unspecified atom stereocenters. The SMILES string of the molecule is OCc1c(OC2CCc3ccccc32)nc2sccn12. The van der Waals surface area contributed by atoms with Crippen LogP contribution in [0.5, 0.6) is 5.88 Å². The first-order valence-corrected chi connectivity index (χ1v) is 7.54. The van der Waals surface area contributed by atoms with E-state index in [1.807, 2.05) is 22.0 Å². The lowest BCUT2D eigenvalue weighted by Gasteiger charge is -2.13. The molecule has 0 radical (unpaired) electrons. The minimum absolute atomic E-state index is 0.0427. The molecular formula is C15H14N2O2S. The van der Waals surface area contributed by atoms with E-state index in [0.717, 1.165) is 23.5 Å². The molecule has 1 N–H and O–H groups in total. The predicted molar refractivity (Wildman–Crippen MR) is 77.1 cm³/mol. The van der Waals surface area contributed by atoms with Crippen molar-refractivity contribution in [3.05, 3.63) is 52.7 Å². The van der Waals surface area contributed by atoms with E-state index in [9.17, 15) is 5.11 Å². The minimum atomic E-state index is -0.0679. The first-order valence-electron chi connectivity index (χ1n) is 6.66.